The fraction of sp³-hybridized carbons (Fsp3) is 0.417. The number of benzene rings is 1. The maximum absolute atomic E-state index is 13.5. The molecular weight excluding hydrogens is 356 g/mol. The van der Waals surface area contributed by atoms with Crippen LogP contribution in [-0.4, -0.2) is 25.8 Å². The summed E-state index contributed by atoms with van der Waals surface area (Å²) in [6.07, 6.45) is 0.342. The number of sulfone groups is 1. The topological polar surface area (TPSA) is 63.2 Å². The molecular formula is C12H12BrF2NO3S. The van der Waals surface area contributed by atoms with Crippen molar-refractivity contribution in [1.29, 1.82) is 0 Å². The summed E-state index contributed by atoms with van der Waals surface area (Å²) in [5, 5.41) is 2.16. The van der Waals surface area contributed by atoms with E-state index < -0.39 is 33.1 Å². The highest BCUT2D eigenvalue weighted by Crippen LogP contribution is 2.26. The fourth-order valence-electron chi connectivity index (χ4n) is 2.15. The lowest BCUT2D eigenvalue weighted by Gasteiger charge is -2.10. The molecule has 1 aliphatic rings. The molecule has 0 saturated carbocycles. The molecule has 0 aromatic heterocycles. The Hall–Kier alpha value is -1.02. The third-order valence-electron chi connectivity index (χ3n) is 3.07. The second-order valence-electron chi connectivity index (χ2n) is 4.77. The number of carbonyl (C=O) groups is 1. The van der Waals surface area contributed by atoms with Gasteiger partial charge in [0.15, 0.2) is 21.5 Å². The van der Waals surface area contributed by atoms with Crippen molar-refractivity contribution < 1.29 is 22.0 Å². The van der Waals surface area contributed by atoms with E-state index >= 15 is 0 Å². The molecule has 0 radical (unpaired) electrons. The van der Waals surface area contributed by atoms with Crippen LogP contribution >= 0.6 is 15.9 Å². The molecule has 4 nitrogen and oxygen atoms in total. The fourth-order valence-corrected chi connectivity index (χ4v) is 4.41. The van der Waals surface area contributed by atoms with Crippen LogP contribution in [0.3, 0.4) is 0 Å². The lowest BCUT2D eigenvalue weighted by molar-refractivity contribution is -0.116. The quantitative estimate of drug-likeness (QED) is 0.892. The van der Waals surface area contributed by atoms with Crippen molar-refractivity contribution in [3.8, 4) is 0 Å². The first-order valence-electron chi connectivity index (χ1n) is 5.91. The third-order valence-corrected chi connectivity index (χ3v) is 5.37. The molecule has 1 aromatic rings. The van der Waals surface area contributed by atoms with Crippen LogP contribution in [0.1, 0.15) is 12.8 Å². The average molecular weight is 368 g/mol. The zero-order valence-electron chi connectivity index (χ0n) is 10.3. The van der Waals surface area contributed by atoms with Gasteiger partial charge in [-0.15, -0.1) is 0 Å². The van der Waals surface area contributed by atoms with Crippen molar-refractivity contribution in [2.75, 3.05) is 16.8 Å². The van der Waals surface area contributed by atoms with E-state index in [0.29, 0.717) is 6.42 Å². The maximum Gasteiger partial charge on any atom is 0.224 e. The van der Waals surface area contributed by atoms with Crippen molar-refractivity contribution in [2.45, 2.75) is 12.8 Å². The summed E-state index contributed by atoms with van der Waals surface area (Å²) in [5.74, 6) is -2.64. The number of hydrogen-bond acceptors (Lipinski definition) is 3. The Bertz CT molecular complexity index is 625. The van der Waals surface area contributed by atoms with E-state index in [-0.39, 0.29) is 28.3 Å². The van der Waals surface area contributed by atoms with Gasteiger partial charge in [0.05, 0.1) is 11.5 Å². The number of hydrogen-bond donors (Lipinski definition) is 1. The first kappa shape index (κ1) is 15.4. The van der Waals surface area contributed by atoms with Gasteiger partial charge in [-0.1, -0.05) is 15.9 Å². The van der Waals surface area contributed by atoms with Gasteiger partial charge in [0.1, 0.15) is 5.69 Å². The smallest absolute Gasteiger partial charge is 0.224 e. The second kappa shape index (κ2) is 5.77. The molecule has 1 unspecified atom stereocenters. The predicted molar refractivity (Wildman–Crippen MR) is 74.1 cm³/mol. The summed E-state index contributed by atoms with van der Waals surface area (Å²) in [7, 11) is -3.07. The van der Waals surface area contributed by atoms with Gasteiger partial charge in [-0.3, -0.25) is 4.79 Å². The third kappa shape index (κ3) is 3.76. The van der Waals surface area contributed by atoms with Crippen LogP contribution in [0.5, 0.6) is 0 Å². The van der Waals surface area contributed by atoms with Gasteiger partial charge in [-0.2, -0.15) is 0 Å². The molecule has 110 valence electrons. The standard InChI is InChI=1S/C12H12BrF2NO3S/c13-8-4-9(14)12(10(15)5-8)16-11(17)3-7-1-2-20(18,19)6-7/h4-5,7H,1-3,6H2,(H,16,17). The molecule has 1 fully saturated rings. The van der Waals surface area contributed by atoms with E-state index in [0.717, 1.165) is 12.1 Å². The van der Waals surface area contributed by atoms with Crippen LogP contribution in [0.25, 0.3) is 0 Å². The van der Waals surface area contributed by atoms with Crippen LogP contribution in [0.15, 0.2) is 16.6 Å². The zero-order valence-corrected chi connectivity index (χ0v) is 12.7. The highest BCUT2D eigenvalue weighted by molar-refractivity contribution is 9.10. The highest BCUT2D eigenvalue weighted by atomic mass is 79.9. The van der Waals surface area contributed by atoms with E-state index in [1.807, 2.05) is 0 Å². The van der Waals surface area contributed by atoms with Crippen LogP contribution in [0.2, 0.25) is 0 Å². The predicted octanol–water partition coefficient (Wildman–Crippen LogP) is 2.49. The lowest BCUT2D eigenvalue weighted by atomic mass is 10.0. The average Bonchev–Trinajstić information content (AvgIpc) is 2.63. The molecule has 1 aliphatic heterocycles. The zero-order chi connectivity index (χ0) is 14.9. The van der Waals surface area contributed by atoms with Gasteiger partial charge in [0.25, 0.3) is 0 Å². The number of anilines is 1. The van der Waals surface area contributed by atoms with Crippen molar-refractivity contribution in [3.63, 3.8) is 0 Å². The molecule has 0 bridgehead atoms. The number of carbonyl (C=O) groups excluding carboxylic acids is 1. The molecule has 1 heterocycles. The van der Waals surface area contributed by atoms with Crippen LogP contribution in [0.4, 0.5) is 14.5 Å². The van der Waals surface area contributed by atoms with E-state index in [4.69, 9.17) is 0 Å². The molecule has 0 spiro atoms. The molecule has 2 rings (SSSR count). The highest BCUT2D eigenvalue weighted by Gasteiger charge is 2.29. The maximum atomic E-state index is 13.5. The van der Waals surface area contributed by atoms with Gasteiger partial charge in [0.2, 0.25) is 5.91 Å². The Kier molecular flexibility index (Phi) is 4.43. The molecule has 8 heteroatoms. The molecule has 1 N–H and O–H groups in total. The van der Waals surface area contributed by atoms with Crippen LogP contribution < -0.4 is 5.32 Å². The lowest BCUT2D eigenvalue weighted by Crippen LogP contribution is -2.18. The van der Waals surface area contributed by atoms with Crippen LogP contribution in [-0.2, 0) is 14.6 Å². The summed E-state index contributed by atoms with van der Waals surface area (Å²) < 4.78 is 49.8. The Morgan fingerprint density at radius 1 is 1.35 bits per heavy atom. The Morgan fingerprint density at radius 3 is 2.45 bits per heavy atom. The molecule has 1 aromatic carbocycles. The summed E-state index contributed by atoms with van der Waals surface area (Å²) in [4.78, 5) is 11.7. The van der Waals surface area contributed by atoms with Gasteiger partial charge < -0.3 is 5.32 Å². The minimum absolute atomic E-state index is 0.0499. The second-order valence-corrected chi connectivity index (χ2v) is 7.91. The van der Waals surface area contributed by atoms with Crippen molar-refractivity contribution in [1.82, 2.24) is 0 Å². The summed E-state index contributed by atoms with van der Waals surface area (Å²) in [6, 6.07) is 2.08. The molecule has 1 saturated heterocycles. The largest absolute Gasteiger partial charge is 0.321 e. The number of amides is 1. The molecule has 1 atom stereocenters. The number of halogens is 3. The van der Waals surface area contributed by atoms with Gasteiger partial charge in [-0.05, 0) is 24.5 Å². The van der Waals surface area contributed by atoms with E-state index in [1.165, 1.54) is 0 Å². The molecule has 20 heavy (non-hydrogen) atoms. The van der Waals surface area contributed by atoms with E-state index in [2.05, 4.69) is 21.2 Å². The summed E-state index contributed by atoms with van der Waals surface area (Å²) in [5.41, 5.74) is -0.515. The van der Waals surface area contributed by atoms with Crippen molar-refractivity contribution >= 4 is 37.4 Å². The number of nitrogens with one attached hydrogen (secondary N) is 1. The first-order chi connectivity index (χ1) is 9.27. The summed E-state index contributed by atoms with van der Waals surface area (Å²) >= 11 is 2.94. The Balaban J connectivity index is 2.02. The van der Waals surface area contributed by atoms with Crippen LogP contribution in [0, 0.1) is 17.6 Å². The van der Waals surface area contributed by atoms with Crippen molar-refractivity contribution in [2.24, 2.45) is 5.92 Å². The van der Waals surface area contributed by atoms with Crippen molar-refractivity contribution in [3.05, 3.63) is 28.2 Å². The molecule has 0 aliphatic carbocycles. The Morgan fingerprint density at radius 2 is 1.95 bits per heavy atom. The van der Waals surface area contributed by atoms with Gasteiger partial charge >= 0.3 is 0 Å². The van der Waals surface area contributed by atoms with E-state index in [1.54, 1.807) is 0 Å². The summed E-state index contributed by atoms with van der Waals surface area (Å²) in [6.45, 7) is 0. The van der Waals surface area contributed by atoms with Gasteiger partial charge in [-0.25, -0.2) is 17.2 Å². The van der Waals surface area contributed by atoms with E-state index in [9.17, 15) is 22.0 Å². The SMILES string of the molecule is O=C(CC1CCS(=O)(=O)C1)Nc1c(F)cc(Br)cc1F. The first-order valence-corrected chi connectivity index (χ1v) is 8.53. The number of rotatable bonds is 3. The van der Waals surface area contributed by atoms with Gasteiger partial charge in [0, 0.05) is 10.9 Å². The monoisotopic (exact) mass is 367 g/mol. The molecule has 1 amide bonds. The Labute approximate surface area is 123 Å². The minimum Gasteiger partial charge on any atom is -0.321 e. The minimum atomic E-state index is -3.07. The normalized spacial score (nSPS) is 20.9.